The number of nitrogens with zero attached hydrogens (tertiary/aromatic N) is 6. The van der Waals surface area contributed by atoms with Gasteiger partial charge in [-0.05, 0) is 19.1 Å². The zero-order chi connectivity index (χ0) is 19.9. The number of nitrogens with one attached hydrogen (secondary N) is 1. The van der Waals surface area contributed by atoms with Crippen molar-refractivity contribution in [2.75, 3.05) is 46.4 Å². The van der Waals surface area contributed by atoms with Gasteiger partial charge in [-0.15, -0.1) is 21.5 Å². The summed E-state index contributed by atoms with van der Waals surface area (Å²) in [6.45, 7) is 8.59. The smallest absolute Gasteiger partial charge is 0.194 e. The minimum absolute atomic E-state index is 0.501. The summed E-state index contributed by atoms with van der Waals surface area (Å²) in [5, 5.41) is 11.7. The van der Waals surface area contributed by atoms with Gasteiger partial charge in [0.1, 0.15) is 12.4 Å². The summed E-state index contributed by atoms with van der Waals surface area (Å²) in [5.41, 5.74) is 0. The van der Waals surface area contributed by atoms with Gasteiger partial charge in [0.15, 0.2) is 11.8 Å². The third-order valence-corrected chi connectivity index (χ3v) is 6.04. The van der Waals surface area contributed by atoms with Crippen molar-refractivity contribution in [3.05, 3.63) is 33.0 Å². The zero-order valence-electron chi connectivity index (χ0n) is 16.7. The highest BCUT2D eigenvalue weighted by atomic mass is 35.5. The molecule has 0 saturated carbocycles. The van der Waals surface area contributed by atoms with Crippen LogP contribution in [0.4, 0.5) is 0 Å². The molecule has 0 bridgehead atoms. The number of halogens is 1. The number of aliphatic imine (C=N–C) groups is 1. The van der Waals surface area contributed by atoms with Crippen molar-refractivity contribution in [2.45, 2.75) is 20.0 Å². The standard InChI is InChI=1S/C18H28ClN7OS/c1-14-22-23-17(24(14)2)12-21-18(20-6-11-27-3)26-9-7-25(8-10-26)13-15-4-5-16(19)28-15/h4-5H,6-13H2,1-3H3,(H,20,21). The molecule has 1 fully saturated rings. The van der Waals surface area contributed by atoms with Gasteiger partial charge in [0.2, 0.25) is 0 Å². The monoisotopic (exact) mass is 425 g/mol. The lowest BCUT2D eigenvalue weighted by Gasteiger charge is -2.36. The lowest BCUT2D eigenvalue weighted by atomic mass is 10.3. The summed E-state index contributed by atoms with van der Waals surface area (Å²) in [5.74, 6) is 2.65. The van der Waals surface area contributed by atoms with E-state index < -0.39 is 0 Å². The van der Waals surface area contributed by atoms with Crippen LogP contribution in [-0.4, -0.2) is 77.0 Å². The summed E-state index contributed by atoms with van der Waals surface area (Å²) in [4.78, 5) is 10.9. The first kappa shape index (κ1) is 21.0. The molecule has 1 aliphatic rings. The maximum absolute atomic E-state index is 6.05. The van der Waals surface area contributed by atoms with E-state index in [-0.39, 0.29) is 0 Å². The van der Waals surface area contributed by atoms with Crippen molar-refractivity contribution in [1.29, 1.82) is 0 Å². The minimum Gasteiger partial charge on any atom is -0.383 e. The molecule has 1 aliphatic heterocycles. The van der Waals surface area contributed by atoms with Gasteiger partial charge in [-0.1, -0.05) is 11.6 Å². The number of ether oxygens (including phenoxy) is 1. The highest BCUT2D eigenvalue weighted by Crippen LogP contribution is 2.23. The molecule has 0 unspecified atom stereocenters. The van der Waals surface area contributed by atoms with E-state index in [1.54, 1.807) is 18.4 Å². The van der Waals surface area contributed by atoms with E-state index in [0.717, 1.165) is 61.2 Å². The molecular weight excluding hydrogens is 398 g/mol. The fourth-order valence-electron chi connectivity index (χ4n) is 3.04. The van der Waals surface area contributed by atoms with Crippen LogP contribution < -0.4 is 5.32 Å². The zero-order valence-corrected chi connectivity index (χ0v) is 18.3. The lowest BCUT2D eigenvalue weighted by Crippen LogP contribution is -2.52. The van der Waals surface area contributed by atoms with E-state index in [2.05, 4.69) is 31.4 Å². The molecule has 3 rings (SSSR count). The lowest BCUT2D eigenvalue weighted by molar-refractivity contribution is 0.171. The van der Waals surface area contributed by atoms with Crippen LogP contribution in [0.15, 0.2) is 17.1 Å². The average molecular weight is 426 g/mol. The van der Waals surface area contributed by atoms with Crippen LogP contribution >= 0.6 is 22.9 Å². The van der Waals surface area contributed by atoms with Crippen molar-refractivity contribution in [3.8, 4) is 0 Å². The molecule has 2 aromatic rings. The molecular formula is C18H28ClN7OS. The molecule has 3 heterocycles. The molecule has 1 N–H and O–H groups in total. The van der Waals surface area contributed by atoms with Gasteiger partial charge in [0.25, 0.3) is 0 Å². The average Bonchev–Trinajstić information content (AvgIpc) is 3.24. The molecule has 0 atom stereocenters. The Balaban J connectivity index is 1.58. The summed E-state index contributed by atoms with van der Waals surface area (Å²) in [6.07, 6.45) is 0. The number of piperazine rings is 1. The van der Waals surface area contributed by atoms with E-state index in [9.17, 15) is 0 Å². The van der Waals surface area contributed by atoms with Gasteiger partial charge >= 0.3 is 0 Å². The normalized spacial score (nSPS) is 16.0. The highest BCUT2D eigenvalue weighted by molar-refractivity contribution is 7.16. The number of hydrogen-bond donors (Lipinski definition) is 1. The van der Waals surface area contributed by atoms with Crippen LogP contribution in [0.5, 0.6) is 0 Å². The van der Waals surface area contributed by atoms with Crippen LogP contribution in [-0.2, 0) is 24.9 Å². The summed E-state index contributed by atoms with van der Waals surface area (Å²) >= 11 is 7.70. The van der Waals surface area contributed by atoms with Crippen molar-refractivity contribution in [2.24, 2.45) is 12.0 Å². The van der Waals surface area contributed by atoms with Crippen LogP contribution in [0.25, 0.3) is 0 Å². The Kier molecular flexibility index (Phi) is 7.66. The number of hydrogen-bond acceptors (Lipinski definition) is 6. The Labute approximate surface area is 175 Å². The van der Waals surface area contributed by atoms with Gasteiger partial charge < -0.3 is 19.5 Å². The molecule has 2 aromatic heterocycles. The SMILES string of the molecule is COCCNC(=NCc1nnc(C)n1C)N1CCN(Cc2ccc(Cl)s2)CC1. The Morgan fingerprint density at radius 3 is 2.68 bits per heavy atom. The Morgan fingerprint density at radius 2 is 2.07 bits per heavy atom. The van der Waals surface area contributed by atoms with Gasteiger partial charge in [0.05, 0.1) is 10.9 Å². The van der Waals surface area contributed by atoms with E-state index in [0.29, 0.717) is 13.2 Å². The summed E-state index contributed by atoms with van der Waals surface area (Å²) in [6, 6.07) is 4.08. The van der Waals surface area contributed by atoms with Gasteiger partial charge in [0, 0.05) is 58.3 Å². The Bertz CT molecular complexity index is 783. The van der Waals surface area contributed by atoms with E-state index in [4.69, 9.17) is 21.3 Å². The summed E-state index contributed by atoms with van der Waals surface area (Å²) in [7, 11) is 3.67. The largest absolute Gasteiger partial charge is 0.383 e. The van der Waals surface area contributed by atoms with Gasteiger partial charge in [-0.3, -0.25) is 4.90 Å². The van der Waals surface area contributed by atoms with Crippen LogP contribution in [0, 0.1) is 6.92 Å². The number of aromatic nitrogens is 3. The molecule has 0 aromatic carbocycles. The predicted molar refractivity (Wildman–Crippen MR) is 113 cm³/mol. The molecule has 10 heteroatoms. The second kappa shape index (κ2) is 10.2. The van der Waals surface area contributed by atoms with Gasteiger partial charge in [-0.2, -0.15) is 0 Å². The number of rotatable bonds is 7. The maximum Gasteiger partial charge on any atom is 0.194 e. The second-order valence-electron chi connectivity index (χ2n) is 6.75. The fourth-order valence-corrected chi connectivity index (χ4v) is 4.17. The number of aryl methyl sites for hydroxylation is 1. The molecule has 28 heavy (non-hydrogen) atoms. The quantitative estimate of drug-likeness (QED) is 0.414. The molecule has 8 nitrogen and oxygen atoms in total. The molecule has 154 valence electrons. The number of guanidine groups is 1. The second-order valence-corrected chi connectivity index (χ2v) is 8.55. The Hall–Kier alpha value is -1.68. The number of methoxy groups -OCH3 is 1. The molecule has 1 saturated heterocycles. The van der Waals surface area contributed by atoms with Crippen molar-refractivity contribution in [3.63, 3.8) is 0 Å². The third-order valence-electron chi connectivity index (χ3n) is 4.82. The van der Waals surface area contributed by atoms with Crippen molar-refractivity contribution >= 4 is 28.9 Å². The molecule has 0 amide bonds. The first-order valence-electron chi connectivity index (χ1n) is 9.40. The minimum atomic E-state index is 0.501. The van der Waals surface area contributed by atoms with E-state index in [1.807, 2.05) is 24.6 Å². The van der Waals surface area contributed by atoms with Gasteiger partial charge in [-0.25, -0.2) is 4.99 Å². The number of thiophene rings is 1. The molecule has 0 aliphatic carbocycles. The molecule has 0 radical (unpaired) electrons. The topological polar surface area (TPSA) is 70.8 Å². The van der Waals surface area contributed by atoms with Crippen LogP contribution in [0.1, 0.15) is 16.5 Å². The van der Waals surface area contributed by atoms with E-state index in [1.165, 1.54) is 4.88 Å². The maximum atomic E-state index is 6.05. The van der Waals surface area contributed by atoms with Crippen molar-refractivity contribution < 1.29 is 4.74 Å². The highest BCUT2D eigenvalue weighted by Gasteiger charge is 2.20. The third kappa shape index (κ3) is 5.66. The first-order valence-corrected chi connectivity index (χ1v) is 10.6. The Morgan fingerprint density at radius 1 is 1.29 bits per heavy atom. The molecule has 0 spiro atoms. The fraction of sp³-hybridized carbons (Fsp3) is 0.611. The van der Waals surface area contributed by atoms with Crippen LogP contribution in [0.2, 0.25) is 4.34 Å². The van der Waals surface area contributed by atoms with Crippen LogP contribution in [0.3, 0.4) is 0 Å². The van der Waals surface area contributed by atoms with Crippen molar-refractivity contribution in [1.82, 2.24) is 29.9 Å². The first-order chi connectivity index (χ1) is 13.6. The summed E-state index contributed by atoms with van der Waals surface area (Å²) < 4.78 is 7.99. The van der Waals surface area contributed by atoms with E-state index >= 15 is 0 Å². The predicted octanol–water partition coefficient (Wildman–Crippen LogP) is 1.75.